The highest BCUT2D eigenvalue weighted by atomic mass is 32.1. The van der Waals surface area contributed by atoms with Crippen molar-refractivity contribution < 1.29 is 9.59 Å². The summed E-state index contributed by atoms with van der Waals surface area (Å²) in [6.45, 7) is 2.64. The van der Waals surface area contributed by atoms with Crippen molar-refractivity contribution in [3.8, 4) is 10.4 Å². The minimum absolute atomic E-state index is 0.101. The van der Waals surface area contributed by atoms with Gasteiger partial charge in [0.2, 0.25) is 5.95 Å². The Labute approximate surface area is 206 Å². The molecule has 0 unspecified atom stereocenters. The Balaban J connectivity index is 1.40. The number of thiophene rings is 1. The molecule has 2 aromatic carbocycles. The first-order chi connectivity index (χ1) is 17.0. The van der Waals surface area contributed by atoms with E-state index in [0.29, 0.717) is 28.5 Å². The van der Waals surface area contributed by atoms with Gasteiger partial charge in [-0.05, 0) is 67.1 Å². The monoisotopic (exact) mass is 481 g/mol. The molecule has 2 amide bonds. The molecule has 3 heterocycles. The summed E-state index contributed by atoms with van der Waals surface area (Å²) in [5, 5.41) is 2.96. The van der Waals surface area contributed by atoms with Crippen molar-refractivity contribution in [2.45, 2.75) is 13.5 Å². The second-order valence-corrected chi connectivity index (χ2v) is 9.02. The number of imidazole rings is 1. The Bertz CT molecular complexity index is 1510. The number of carbonyl (C=O) groups is 2. The maximum atomic E-state index is 13.0. The van der Waals surface area contributed by atoms with Crippen LogP contribution >= 0.6 is 11.3 Å². The highest BCUT2D eigenvalue weighted by Gasteiger charge is 2.18. The van der Waals surface area contributed by atoms with Gasteiger partial charge in [-0.2, -0.15) is 0 Å². The molecule has 0 atom stereocenters. The first kappa shape index (κ1) is 22.5. The first-order valence-electron chi connectivity index (χ1n) is 11.2. The molecule has 7 nitrogen and oxygen atoms in total. The fraction of sp³-hybridized carbons (Fsp3) is 0.111. The van der Waals surface area contributed by atoms with Gasteiger partial charge < -0.3 is 9.47 Å². The van der Waals surface area contributed by atoms with Crippen LogP contribution in [0.5, 0.6) is 0 Å². The molecule has 0 radical (unpaired) electrons. The van der Waals surface area contributed by atoms with Crippen LogP contribution in [0, 0.1) is 0 Å². The van der Waals surface area contributed by atoms with E-state index in [4.69, 9.17) is 0 Å². The van der Waals surface area contributed by atoms with Gasteiger partial charge >= 0.3 is 0 Å². The van der Waals surface area contributed by atoms with Gasteiger partial charge in [-0.1, -0.05) is 18.2 Å². The van der Waals surface area contributed by atoms with Crippen molar-refractivity contribution in [1.29, 1.82) is 0 Å². The second kappa shape index (κ2) is 9.52. The summed E-state index contributed by atoms with van der Waals surface area (Å²) in [7, 11) is 1.74. The number of pyridine rings is 1. The molecule has 0 bridgehead atoms. The third-order valence-electron chi connectivity index (χ3n) is 5.78. The molecule has 3 aromatic heterocycles. The topological polar surface area (TPSA) is 80.1 Å². The van der Waals surface area contributed by atoms with Crippen molar-refractivity contribution in [2.75, 3.05) is 17.3 Å². The molecule has 5 rings (SSSR count). The van der Waals surface area contributed by atoms with Gasteiger partial charge in [-0.25, -0.2) is 4.98 Å². The summed E-state index contributed by atoms with van der Waals surface area (Å²) < 4.78 is 1.95. The van der Waals surface area contributed by atoms with Crippen LogP contribution in [0.2, 0.25) is 0 Å². The molecular weight excluding hydrogens is 458 g/mol. The number of carbonyl (C=O) groups excluding carboxylic acids is 2. The predicted molar refractivity (Wildman–Crippen MR) is 140 cm³/mol. The lowest BCUT2D eigenvalue weighted by Gasteiger charge is -2.17. The zero-order valence-electron chi connectivity index (χ0n) is 19.3. The van der Waals surface area contributed by atoms with Crippen LogP contribution in [-0.4, -0.2) is 33.4 Å². The Morgan fingerprint density at radius 3 is 2.51 bits per heavy atom. The molecule has 8 heteroatoms. The lowest BCUT2D eigenvalue weighted by atomic mass is 10.2. The molecule has 0 aliphatic rings. The van der Waals surface area contributed by atoms with Crippen LogP contribution in [0.4, 0.5) is 11.6 Å². The smallest absolute Gasteiger partial charge is 0.268 e. The third kappa shape index (κ3) is 4.43. The number of benzene rings is 2. The number of aryl methyl sites for hydroxylation is 1. The van der Waals surface area contributed by atoms with Gasteiger partial charge in [0.25, 0.3) is 11.8 Å². The molecular formula is C27H23N5O2S. The van der Waals surface area contributed by atoms with Crippen LogP contribution in [0.1, 0.15) is 27.0 Å². The van der Waals surface area contributed by atoms with Crippen LogP contribution in [0.3, 0.4) is 0 Å². The first-order valence-corrected chi connectivity index (χ1v) is 12.0. The molecule has 0 aliphatic heterocycles. The summed E-state index contributed by atoms with van der Waals surface area (Å²) >= 11 is 1.42. The van der Waals surface area contributed by atoms with E-state index >= 15 is 0 Å². The number of nitrogens with one attached hydrogen (secondary N) is 1. The van der Waals surface area contributed by atoms with Crippen molar-refractivity contribution in [2.24, 2.45) is 0 Å². The minimum Gasteiger partial charge on any atom is -0.311 e. The summed E-state index contributed by atoms with van der Waals surface area (Å²) in [6.07, 6.45) is 3.47. The van der Waals surface area contributed by atoms with Crippen molar-refractivity contribution >= 4 is 45.8 Å². The van der Waals surface area contributed by atoms with E-state index in [1.165, 1.54) is 11.3 Å². The Kier molecular flexibility index (Phi) is 6.12. The highest BCUT2D eigenvalue weighted by molar-refractivity contribution is 7.17. The van der Waals surface area contributed by atoms with E-state index in [2.05, 4.69) is 15.3 Å². The summed E-state index contributed by atoms with van der Waals surface area (Å²) in [5.74, 6) is 0.161. The van der Waals surface area contributed by atoms with Crippen molar-refractivity contribution in [3.63, 3.8) is 0 Å². The molecule has 0 saturated heterocycles. The number of hydrogen-bond donors (Lipinski definition) is 1. The number of nitrogens with zero attached hydrogens (tertiary/aromatic N) is 4. The molecule has 0 spiro atoms. The lowest BCUT2D eigenvalue weighted by Crippen LogP contribution is -2.26. The zero-order valence-corrected chi connectivity index (χ0v) is 20.1. The van der Waals surface area contributed by atoms with E-state index in [1.807, 2.05) is 72.2 Å². The van der Waals surface area contributed by atoms with Gasteiger partial charge in [-0.15, -0.1) is 11.3 Å². The fourth-order valence-electron chi connectivity index (χ4n) is 3.93. The number of fused-ring (bicyclic) bond motifs is 1. The van der Waals surface area contributed by atoms with Crippen LogP contribution in [0.25, 0.3) is 21.5 Å². The number of hydrogen-bond acceptors (Lipinski definition) is 5. The van der Waals surface area contributed by atoms with Gasteiger partial charge in [0.1, 0.15) is 0 Å². The highest BCUT2D eigenvalue weighted by Crippen LogP contribution is 2.29. The standard InChI is InChI=1S/C27H23N5O2S/c1-3-32-22-10-9-20(31(2)26(34)19-7-5-4-6-8-19)17-21(22)29-27(32)30-25(33)24-12-11-23(35-24)18-13-15-28-16-14-18/h4-17H,3H2,1-2H3,(H,29,30,33). The normalized spacial score (nSPS) is 10.9. The van der Waals surface area contributed by atoms with E-state index in [-0.39, 0.29) is 11.8 Å². The van der Waals surface area contributed by atoms with E-state index in [9.17, 15) is 9.59 Å². The van der Waals surface area contributed by atoms with E-state index in [0.717, 1.165) is 21.6 Å². The van der Waals surface area contributed by atoms with Crippen LogP contribution in [0.15, 0.2) is 85.2 Å². The Morgan fingerprint density at radius 1 is 1.00 bits per heavy atom. The average molecular weight is 482 g/mol. The predicted octanol–water partition coefficient (Wildman–Crippen LogP) is 5.71. The fourth-order valence-corrected chi connectivity index (χ4v) is 4.84. The number of rotatable bonds is 6. The number of amides is 2. The Hall–Kier alpha value is -4.30. The van der Waals surface area contributed by atoms with Gasteiger partial charge in [0.05, 0.1) is 15.9 Å². The molecule has 0 saturated carbocycles. The average Bonchev–Trinajstić information content (AvgIpc) is 3.53. The second-order valence-electron chi connectivity index (χ2n) is 7.94. The maximum absolute atomic E-state index is 13.0. The summed E-state index contributed by atoms with van der Waals surface area (Å²) in [5.41, 5.74) is 3.95. The number of anilines is 2. The molecule has 174 valence electrons. The van der Waals surface area contributed by atoms with E-state index in [1.54, 1.807) is 36.5 Å². The molecule has 5 aromatic rings. The summed E-state index contributed by atoms with van der Waals surface area (Å²) in [4.78, 5) is 37.8. The van der Waals surface area contributed by atoms with Crippen LogP contribution < -0.4 is 10.2 Å². The molecule has 0 fully saturated rings. The minimum atomic E-state index is -0.211. The lowest BCUT2D eigenvalue weighted by molar-refractivity contribution is 0.0991. The molecule has 35 heavy (non-hydrogen) atoms. The Morgan fingerprint density at radius 2 is 1.77 bits per heavy atom. The third-order valence-corrected chi connectivity index (χ3v) is 6.91. The van der Waals surface area contributed by atoms with Gasteiger partial charge in [0, 0.05) is 42.1 Å². The zero-order chi connectivity index (χ0) is 24.4. The largest absolute Gasteiger partial charge is 0.311 e. The van der Waals surface area contributed by atoms with E-state index < -0.39 is 0 Å². The van der Waals surface area contributed by atoms with Crippen molar-refractivity contribution in [3.05, 3.63) is 95.6 Å². The molecule has 1 N–H and O–H groups in total. The van der Waals surface area contributed by atoms with Crippen molar-refractivity contribution in [1.82, 2.24) is 14.5 Å². The van der Waals surface area contributed by atoms with Gasteiger partial charge in [0.15, 0.2) is 0 Å². The SMILES string of the molecule is CCn1c(NC(=O)c2ccc(-c3ccncc3)s2)nc2cc(N(C)C(=O)c3ccccc3)ccc21. The quantitative estimate of drug-likeness (QED) is 0.337. The van der Waals surface area contributed by atoms with Gasteiger partial charge in [-0.3, -0.25) is 19.9 Å². The number of aromatic nitrogens is 3. The summed E-state index contributed by atoms with van der Waals surface area (Å²) in [6, 6.07) is 22.4. The maximum Gasteiger partial charge on any atom is 0.268 e. The van der Waals surface area contributed by atoms with Crippen LogP contribution in [-0.2, 0) is 6.54 Å². The molecule has 0 aliphatic carbocycles.